The molecule has 2 heterocycles. The largest absolute Gasteiger partial charge is 0.492 e. The Hall–Kier alpha value is -3.13. The molecule has 1 aliphatic heterocycles. The van der Waals surface area contributed by atoms with Gasteiger partial charge in [0.2, 0.25) is 5.91 Å². The van der Waals surface area contributed by atoms with Crippen LogP contribution in [0.4, 0.5) is 4.79 Å². The van der Waals surface area contributed by atoms with Crippen molar-refractivity contribution in [1.29, 1.82) is 0 Å². The smallest absolute Gasteiger partial charge is 0.289 e. The number of aromatic nitrogens is 2. The second-order valence-electron chi connectivity index (χ2n) is 6.90. The molecule has 1 aliphatic rings. The molecule has 1 saturated heterocycles. The van der Waals surface area contributed by atoms with Gasteiger partial charge in [-0.25, -0.2) is 4.68 Å². The van der Waals surface area contributed by atoms with Gasteiger partial charge in [0, 0.05) is 5.39 Å². The van der Waals surface area contributed by atoms with Crippen LogP contribution in [0.5, 0.6) is 5.75 Å². The summed E-state index contributed by atoms with van der Waals surface area (Å²) in [6.45, 7) is 2.92. The number of carbonyl (C=O) groups is 2. The van der Waals surface area contributed by atoms with Gasteiger partial charge in [-0.05, 0) is 30.2 Å². The summed E-state index contributed by atoms with van der Waals surface area (Å²) in [6, 6.07) is 14.8. The van der Waals surface area contributed by atoms with Crippen LogP contribution in [0.3, 0.4) is 0 Å². The van der Waals surface area contributed by atoms with Crippen LogP contribution in [-0.4, -0.2) is 38.2 Å². The quantitative estimate of drug-likeness (QED) is 0.580. The summed E-state index contributed by atoms with van der Waals surface area (Å²) in [5, 5.41) is 5.84. The fourth-order valence-corrected chi connectivity index (χ4v) is 4.10. The molecule has 0 atom stereocenters. The molecule has 30 heavy (non-hydrogen) atoms. The third-order valence-corrected chi connectivity index (χ3v) is 5.81. The summed E-state index contributed by atoms with van der Waals surface area (Å²) >= 11 is 1.03. The van der Waals surface area contributed by atoms with Gasteiger partial charge in [-0.1, -0.05) is 49.0 Å². The Kier molecular flexibility index (Phi) is 5.85. The average Bonchev–Trinajstić information content (AvgIpc) is 3.08. The Labute approximate surface area is 177 Å². The van der Waals surface area contributed by atoms with Crippen LogP contribution >= 0.6 is 11.8 Å². The van der Waals surface area contributed by atoms with Crippen LogP contribution < -0.4 is 10.3 Å². The third kappa shape index (κ3) is 4.09. The highest BCUT2D eigenvalue weighted by atomic mass is 32.2. The lowest BCUT2D eigenvalue weighted by Crippen LogP contribution is -2.27. The van der Waals surface area contributed by atoms with E-state index in [4.69, 9.17) is 4.74 Å². The highest BCUT2D eigenvalue weighted by Gasteiger charge is 2.29. The van der Waals surface area contributed by atoms with Crippen LogP contribution in [0.25, 0.3) is 10.8 Å². The van der Waals surface area contributed by atoms with Crippen LogP contribution in [-0.2, 0) is 24.3 Å². The zero-order valence-corrected chi connectivity index (χ0v) is 17.4. The second kappa shape index (κ2) is 8.71. The highest BCUT2D eigenvalue weighted by molar-refractivity contribution is 8.14. The minimum atomic E-state index is -0.208. The molecule has 1 fully saturated rings. The summed E-state index contributed by atoms with van der Waals surface area (Å²) in [6.07, 6.45) is 0.740. The first kappa shape index (κ1) is 20.2. The van der Waals surface area contributed by atoms with Gasteiger partial charge < -0.3 is 4.74 Å². The van der Waals surface area contributed by atoms with Crippen molar-refractivity contribution in [2.75, 3.05) is 12.4 Å². The van der Waals surface area contributed by atoms with E-state index in [1.807, 2.05) is 43.3 Å². The zero-order valence-electron chi connectivity index (χ0n) is 16.5. The minimum absolute atomic E-state index is 0.125. The molecular weight excluding hydrogens is 402 g/mol. The van der Waals surface area contributed by atoms with Gasteiger partial charge in [0.05, 0.1) is 29.9 Å². The first-order valence-corrected chi connectivity index (χ1v) is 10.7. The Morgan fingerprint density at radius 3 is 2.43 bits per heavy atom. The van der Waals surface area contributed by atoms with Crippen LogP contribution in [0, 0.1) is 0 Å². The summed E-state index contributed by atoms with van der Waals surface area (Å²) in [5.74, 6) is 0.698. The van der Waals surface area contributed by atoms with Gasteiger partial charge in [-0.15, -0.1) is 0 Å². The lowest BCUT2D eigenvalue weighted by Gasteiger charge is -2.13. The molecule has 2 aromatic carbocycles. The maximum absolute atomic E-state index is 12.7. The molecule has 0 saturated carbocycles. The van der Waals surface area contributed by atoms with Gasteiger partial charge in [-0.2, -0.15) is 5.10 Å². The van der Waals surface area contributed by atoms with E-state index in [0.29, 0.717) is 24.3 Å². The predicted molar refractivity (Wildman–Crippen MR) is 116 cm³/mol. The maximum Gasteiger partial charge on any atom is 0.289 e. The number of nitrogens with zero attached hydrogens (tertiary/aromatic N) is 3. The number of thioether (sulfide) groups is 1. The molecule has 3 aromatic rings. The van der Waals surface area contributed by atoms with Gasteiger partial charge in [0.25, 0.3) is 10.8 Å². The van der Waals surface area contributed by atoms with E-state index < -0.39 is 0 Å². The van der Waals surface area contributed by atoms with Crippen LogP contribution in [0.2, 0.25) is 0 Å². The number of amides is 2. The molecule has 2 amide bonds. The minimum Gasteiger partial charge on any atom is -0.492 e. The number of fused-ring (bicyclic) bond motifs is 1. The molecule has 7 nitrogen and oxygen atoms in total. The zero-order chi connectivity index (χ0) is 21.1. The van der Waals surface area contributed by atoms with E-state index in [0.717, 1.165) is 34.8 Å². The molecule has 0 bridgehead atoms. The lowest BCUT2D eigenvalue weighted by molar-refractivity contribution is -0.125. The number of imide groups is 1. The van der Waals surface area contributed by atoms with E-state index in [1.54, 1.807) is 12.1 Å². The van der Waals surface area contributed by atoms with Crippen molar-refractivity contribution in [3.63, 3.8) is 0 Å². The van der Waals surface area contributed by atoms with Gasteiger partial charge >= 0.3 is 0 Å². The normalized spacial score (nSPS) is 14.0. The highest BCUT2D eigenvalue weighted by Crippen LogP contribution is 2.22. The molecule has 0 spiro atoms. The van der Waals surface area contributed by atoms with E-state index in [2.05, 4.69) is 5.10 Å². The van der Waals surface area contributed by atoms with Crippen molar-refractivity contribution in [2.45, 2.75) is 26.4 Å². The molecule has 1 aromatic heterocycles. The topological polar surface area (TPSA) is 81.5 Å². The van der Waals surface area contributed by atoms with Gasteiger partial charge in [0.1, 0.15) is 12.4 Å². The van der Waals surface area contributed by atoms with Crippen LogP contribution in [0.1, 0.15) is 18.2 Å². The summed E-state index contributed by atoms with van der Waals surface area (Å²) in [4.78, 5) is 37.3. The SMILES string of the molecule is CCc1nn(CCOc2ccc(CN3C(=O)CSC3=O)cc2)c(=O)c2ccccc12. The molecule has 0 aliphatic carbocycles. The summed E-state index contributed by atoms with van der Waals surface area (Å²) in [7, 11) is 0. The molecule has 0 N–H and O–H groups in total. The number of benzene rings is 2. The summed E-state index contributed by atoms with van der Waals surface area (Å²) in [5.41, 5.74) is 1.62. The predicted octanol–water partition coefficient (Wildman–Crippen LogP) is 3.23. The average molecular weight is 423 g/mol. The molecular formula is C22H21N3O4S. The number of rotatable bonds is 7. The lowest BCUT2D eigenvalue weighted by atomic mass is 10.1. The monoisotopic (exact) mass is 423 g/mol. The van der Waals surface area contributed by atoms with E-state index in [-0.39, 0.29) is 29.0 Å². The Bertz CT molecular complexity index is 1140. The molecule has 4 rings (SSSR count). The number of carbonyl (C=O) groups excluding carboxylic acids is 2. The van der Waals surface area contributed by atoms with Gasteiger partial charge in [0.15, 0.2) is 0 Å². The Morgan fingerprint density at radius 2 is 1.77 bits per heavy atom. The van der Waals surface area contributed by atoms with E-state index in [9.17, 15) is 14.4 Å². The molecule has 0 radical (unpaired) electrons. The van der Waals surface area contributed by atoms with Crippen molar-refractivity contribution in [1.82, 2.24) is 14.7 Å². The van der Waals surface area contributed by atoms with E-state index in [1.165, 1.54) is 9.58 Å². The first-order valence-electron chi connectivity index (χ1n) is 9.74. The molecule has 154 valence electrons. The number of aryl methyl sites for hydroxylation is 1. The van der Waals surface area contributed by atoms with E-state index >= 15 is 0 Å². The fourth-order valence-electron chi connectivity index (χ4n) is 3.38. The van der Waals surface area contributed by atoms with Crippen LogP contribution in [0.15, 0.2) is 53.3 Å². The standard InChI is InChI=1S/C22H21N3O4S/c1-2-19-17-5-3-4-6-18(17)21(27)25(23-19)11-12-29-16-9-7-15(8-10-16)13-24-20(26)14-30-22(24)28/h3-10H,2,11-14H2,1H3. The molecule has 8 heteroatoms. The van der Waals surface area contributed by atoms with Crippen molar-refractivity contribution >= 4 is 33.7 Å². The Morgan fingerprint density at radius 1 is 1.03 bits per heavy atom. The van der Waals surface area contributed by atoms with Gasteiger partial charge in [-0.3, -0.25) is 19.3 Å². The third-order valence-electron chi connectivity index (χ3n) is 4.96. The number of hydrogen-bond acceptors (Lipinski definition) is 6. The summed E-state index contributed by atoms with van der Waals surface area (Å²) < 4.78 is 7.22. The van der Waals surface area contributed by atoms with Crippen molar-refractivity contribution in [2.24, 2.45) is 0 Å². The maximum atomic E-state index is 12.7. The van der Waals surface area contributed by atoms with Crippen molar-refractivity contribution < 1.29 is 14.3 Å². The van der Waals surface area contributed by atoms with Crippen molar-refractivity contribution in [3.05, 3.63) is 70.1 Å². The van der Waals surface area contributed by atoms with Crippen molar-refractivity contribution in [3.8, 4) is 5.75 Å². The second-order valence-corrected chi connectivity index (χ2v) is 7.83. The molecule has 0 unspecified atom stereocenters. The Balaban J connectivity index is 1.40. The number of hydrogen-bond donors (Lipinski definition) is 0. The number of ether oxygens (including phenoxy) is 1. The fraction of sp³-hybridized carbons (Fsp3) is 0.273. The first-order chi connectivity index (χ1) is 14.6.